The molecule has 0 N–H and O–H groups in total. The molecule has 0 saturated carbocycles. The molecule has 3 nitrogen and oxygen atoms in total. The first-order valence-corrected chi connectivity index (χ1v) is 6.10. The largest absolute Gasteiger partial charge is 0.495 e. The minimum atomic E-state index is 0.559. The van der Waals surface area contributed by atoms with E-state index in [9.17, 15) is 0 Å². The number of benzene rings is 1. The molecule has 1 aromatic carbocycles. The third-order valence-corrected chi connectivity index (χ3v) is 2.99. The first-order valence-electron chi connectivity index (χ1n) is 4.60. The highest BCUT2D eigenvalue weighted by Crippen LogP contribution is 2.30. The Kier molecular flexibility index (Phi) is 3.51. The summed E-state index contributed by atoms with van der Waals surface area (Å²) >= 11 is 9.33. The molecule has 0 aliphatic carbocycles. The van der Waals surface area contributed by atoms with Crippen molar-refractivity contribution in [3.8, 4) is 17.0 Å². The number of nitrogens with zero attached hydrogens (tertiary/aromatic N) is 1. The summed E-state index contributed by atoms with van der Waals surface area (Å²) in [4.78, 5) is 0. The second-order valence-corrected chi connectivity index (χ2v) is 4.13. The normalized spacial score (nSPS) is 10.4. The minimum Gasteiger partial charge on any atom is -0.495 e. The van der Waals surface area contributed by atoms with Gasteiger partial charge in [-0.2, -0.15) is 0 Å². The summed E-state index contributed by atoms with van der Waals surface area (Å²) < 4.78 is 10.2. The highest BCUT2D eigenvalue weighted by Gasteiger charge is 2.08. The first kappa shape index (κ1) is 11.5. The summed E-state index contributed by atoms with van der Waals surface area (Å²) in [5.41, 5.74) is 1.67. The number of alkyl halides is 1. The number of halogens is 2. The molecule has 0 aliphatic rings. The Morgan fingerprint density at radius 3 is 2.81 bits per heavy atom. The van der Waals surface area contributed by atoms with Crippen LogP contribution in [0.2, 0.25) is 5.02 Å². The second kappa shape index (κ2) is 4.89. The Hall–Kier alpha value is -1.00. The fraction of sp³-hybridized carbons (Fsp3) is 0.182. The lowest BCUT2D eigenvalue weighted by molar-refractivity contribution is 0.398. The number of methoxy groups -OCH3 is 1. The van der Waals surface area contributed by atoms with E-state index >= 15 is 0 Å². The third-order valence-electron chi connectivity index (χ3n) is 2.14. The maximum Gasteiger partial charge on any atom is 0.147 e. The van der Waals surface area contributed by atoms with Crippen LogP contribution in [-0.4, -0.2) is 12.3 Å². The van der Waals surface area contributed by atoms with Crippen LogP contribution in [0.15, 0.2) is 28.8 Å². The van der Waals surface area contributed by atoms with Gasteiger partial charge >= 0.3 is 0 Å². The fourth-order valence-corrected chi connectivity index (χ4v) is 1.86. The molecule has 16 heavy (non-hydrogen) atoms. The molecule has 5 heteroatoms. The molecule has 0 aliphatic heterocycles. The number of ether oxygens (including phenoxy) is 1. The van der Waals surface area contributed by atoms with Crippen LogP contribution in [0.25, 0.3) is 11.3 Å². The zero-order valence-corrected chi connectivity index (χ0v) is 10.9. The lowest BCUT2D eigenvalue weighted by atomic mass is 10.1. The molecule has 0 fully saturated rings. The molecule has 0 bridgehead atoms. The summed E-state index contributed by atoms with van der Waals surface area (Å²) in [6, 6.07) is 7.36. The number of hydrogen-bond donors (Lipinski definition) is 0. The fourth-order valence-electron chi connectivity index (χ4n) is 1.34. The summed E-state index contributed by atoms with van der Waals surface area (Å²) in [5, 5.41) is 5.15. The van der Waals surface area contributed by atoms with Crippen LogP contribution in [0.5, 0.6) is 5.75 Å². The van der Waals surface area contributed by atoms with Gasteiger partial charge in [-0.05, 0) is 18.2 Å². The first-order chi connectivity index (χ1) is 7.74. The van der Waals surface area contributed by atoms with Crippen LogP contribution < -0.4 is 4.74 Å². The maximum atomic E-state index is 6.03. The Bertz CT molecular complexity index is 498. The summed E-state index contributed by atoms with van der Waals surface area (Å²) in [6.45, 7) is 0. The third kappa shape index (κ3) is 2.23. The van der Waals surface area contributed by atoms with Crippen LogP contribution in [0.4, 0.5) is 0 Å². The van der Waals surface area contributed by atoms with Crippen LogP contribution in [0.1, 0.15) is 5.76 Å². The van der Waals surface area contributed by atoms with Gasteiger partial charge in [-0.1, -0.05) is 32.7 Å². The Labute approximate surface area is 106 Å². The van der Waals surface area contributed by atoms with Gasteiger partial charge < -0.3 is 9.26 Å². The molecule has 0 radical (unpaired) electrons. The predicted molar refractivity (Wildman–Crippen MR) is 66.1 cm³/mol. The van der Waals surface area contributed by atoms with Crippen LogP contribution in [-0.2, 0) is 5.33 Å². The number of hydrogen-bond acceptors (Lipinski definition) is 3. The highest BCUT2D eigenvalue weighted by atomic mass is 79.9. The van der Waals surface area contributed by atoms with E-state index in [0.717, 1.165) is 17.0 Å². The van der Waals surface area contributed by atoms with Crippen LogP contribution >= 0.6 is 27.5 Å². The zero-order valence-electron chi connectivity index (χ0n) is 8.54. The predicted octanol–water partition coefficient (Wildman–Crippen LogP) is 3.90. The van der Waals surface area contributed by atoms with Crippen LogP contribution in [0.3, 0.4) is 0 Å². The van der Waals surface area contributed by atoms with Gasteiger partial charge in [0.05, 0.1) is 17.5 Å². The zero-order chi connectivity index (χ0) is 11.5. The van der Waals surface area contributed by atoms with Gasteiger partial charge in [0, 0.05) is 11.6 Å². The van der Waals surface area contributed by atoms with E-state index in [4.69, 9.17) is 20.9 Å². The quantitative estimate of drug-likeness (QED) is 0.807. The van der Waals surface area contributed by atoms with Crippen LogP contribution in [0, 0.1) is 0 Å². The van der Waals surface area contributed by atoms with Gasteiger partial charge in [0.25, 0.3) is 0 Å². The van der Waals surface area contributed by atoms with E-state index in [-0.39, 0.29) is 0 Å². The van der Waals surface area contributed by atoms with Crippen molar-refractivity contribution in [1.29, 1.82) is 0 Å². The average Bonchev–Trinajstić information content (AvgIpc) is 2.77. The van der Waals surface area contributed by atoms with Gasteiger partial charge in [0.2, 0.25) is 0 Å². The topological polar surface area (TPSA) is 35.3 Å². The van der Waals surface area contributed by atoms with E-state index in [0.29, 0.717) is 16.1 Å². The van der Waals surface area contributed by atoms with E-state index in [2.05, 4.69) is 21.1 Å². The van der Waals surface area contributed by atoms with Crippen molar-refractivity contribution in [2.24, 2.45) is 0 Å². The van der Waals surface area contributed by atoms with Crippen molar-refractivity contribution in [3.63, 3.8) is 0 Å². The Morgan fingerprint density at radius 1 is 1.44 bits per heavy atom. The highest BCUT2D eigenvalue weighted by molar-refractivity contribution is 9.08. The van der Waals surface area contributed by atoms with Crippen molar-refractivity contribution in [2.75, 3.05) is 7.11 Å². The molecular weight excluding hydrogens is 293 g/mol. The monoisotopic (exact) mass is 301 g/mol. The molecule has 2 rings (SSSR count). The molecule has 0 amide bonds. The van der Waals surface area contributed by atoms with Gasteiger partial charge in [0.15, 0.2) is 0 Å². The molecule has 2 aromatic rings. The molecular formula is C11H9BrClNO2. The SMILES string of the molecule is COc1ccc(-c2cc(CBr)on2)cc1Cl. The van der Waals surface area contributed by atoms with E-state index in [1.807, 2.05) is 12.1 Å². The second-order valence-electron chi connectivity index (χ2n) is 3.16. The van der Waals surface area contributed by atoms with Crippen molar-refractivity contribution in [2.45, 2.75) is 5.33 Å². The van der Waals surface area contributed by atoms with Crippen molar-refractivity contribution >= 4 is 27.5 Å². The van der Waals surface area contributed by atoms with Crippen molar-refractivity contribution in [1.82, 2.24) is 5.16 Å². The molecule has 84 valence electrons. The Morgan fingerprint density at radius 2 is 2.25 bits per heavy atom. The lowest BCUT2D eigenvalue weighted by Crippen LogP contribution is -1.84. The summed E-state index contributed by atoms with van der Waals surface area (Å²) in [7, 11) is 1.58. The van der Waals surface area contributed by atoms with Gasteiger partial charge in [-0.25, -0.2) is 0 Å². The maximum absolute atomic E-state index is 6.03. The van der Waals surface area contributed by atoms with Gasteiger partial charge in [0.1, 0.15) is 17.2 Å². The van der Waals surface area contributed by atoms with E-state index in [1.54, 1.807) is 19.2 Å². The molecule has 1 aromatic heterocycles. The molecule has 0 atom stereocenters. The summed E-state index contributed by atoms with van der Waals surface area (Å²) in [5.74, 6) is 1.43. The average molecular weight is 303 g/mol. The molecule has 0 saturated heterocycles. The molecule has 0 spiro atoms. The number of rotatable bonds is 3. The lowest BCUT2D eigenvalue weighted by Gasteiger charge is -2.03. The minimum absolute atomic E-state index is 0.559. The summed E-state index contributed by atoms with van der Waals surface area (Å²) in [6.07, 6.45) is 0. The van der Waals surface area contributed by atoms with E-state index < -0.39 is 0 Å². The smallest absolute Gasteiger partial charge is 0.147 e. The van der Waals surface area contributed by atoms with E-state index in [1.165, 1.54) is 0 Å². The number of aromatic nitrogens is 1. The Balaban J connectivity index is 2.37. The molecule has 0 unspecified atom stereocenters. The van der Waals surface area contributed by atoms with Crippen molar-refractivity contribution in [3.05, 3.63) is 35.0 Å². The standard InChI is InChI=1S/C11H9BrClNO2/c1-15-11-3-2-7(4-9(11)13)10-5-8(6-12)16-14-10/h2-5H,6H2,1H3. The molecule has 1 heterocycles. The van der Waals surface area contributed by atoms with Gasteiger partial charge in [-0.15, -0.1) is 0 Å². The van der Waals surface area contributed by atoms with Gasteiger partial charge in [-0.3, -0.25) is 0 Å². The van der Waals surface area contributed by atoms with Crippen molar-refractivity contribution < 1.29 is 9.26 Å².